The van der Waals surface area contributed by atoms with Gasteiger partial charge in [0.25, 0.3) is 0 Å². The van der Waals surface area contributed by atoms with Crippen molar-refractivity contribution in [3.05, 3.63) is 30.4 Å². The number of rotatable bonds is 3. The molecule has 140 valence electrons. The van der Waals surface area contributed by atoms with Crippen LogP contribution in [0.2, 0.25) is 0 Å². The summed E-state index contributed by atoms with van der Waals surface area (Å²) in [5.41, 5.74) is 2.40. The fraction of sp³-hybridized carbons (Fsp3) is 0.526. The van der Waals surface area contributed by atoms with Crippen LogP contribution in [0.5, 0.6) is 0 Å². The molecule has 1 saturated heterocycles. The summed E-state index contributed by atoms with van der Waals surface area (Å²) in [5, 5.41) is 3.43. The number of nitrogens with zero attached hydrogens (tertiary/aromatic N) is 4. The molecule has 2 aromatic rings. The number of imidazole rings is 1. The first-order valence-electron chi connectivity index (χ1n) is 8.92. The molecule has 0 unspecified atom stereocenters. The second kappa shape index (κ2) is 6.97. The van der Waals surface area contributed by atoms with Crippen LogP contribution < -0.4 is 5.32 Å². The summed E-state index contributed by atoms with van der Waals surface area (Å²) in [6, 6.07) is 4.18. The lowest BCUT2D eigenvalue weighted by molar-refractivity contribution is 0.0293. The Morgan fingerprint density at radius 2 is 2.12 bits per heavy atom. The first-order chi connectivity index (χ1) is 12.2. The Labute approximate surface area is 154 Å². The van der Waals surface area contributed by atoms with E-state index < -0.39 is 5.60 Å². The number of hydrogen-bond acceptors (Lipinski definition) is 5. The molecule has 0 bridgehead atoms. The van der Waals surface area contributed by atoms with Gasteiger partial charge in [-0.1, -0.05) is 0 Å². The maximum absolute atomic E-state index is 12.2. The van der Waals surface area contributed by atoms with E-state index in [9.17, 15) is 4.79 Å². The minimum atomic E-state index is -0.470. The van der Waals surface area contributed by atoms with Gasteiger partial charge in [0.05, 0.1) is 12.0 Å². The van der Waals surface area contributed by atoms with Crippen molar-refractivity contribution < 1.29 is 9.53 Å². The van der Waals surface area contributed by atoms with Crippen LogP contribution in [-0.2, 0) is 11.8 Å². The summed E-state index contributed by atoms with van der Waals surface area (Å²) >= 11 is 0. The largest absolute Gasteiger partial charge is 0.444 e. The van der Waals surface area contributed by atoms with E-state index in [1.54, 1.807) is 11.2 Å². The number of anilines is 1. The quantitative estimate of drug-likeness (QED) is 0.913. The predicted octanol–water partition coefficient (Wildman–Crippen LogP) is 3.21. The number of carbonyl (C=O) groups excluding carboxylic acids is 1. The SMILES string of the molecule is Cc1nc(N[C@H]2CCN(C(=O)OC(C)(C)C)C2)ccc1-c1cn(C)cn1. The Morgan fingerprint density at radius 3 is 2.73 bits per heavy atom. The summed E-state index contributed by atoms with van der Waals surface area (Å²) in [4.78, 5) is 23.0. The minimum absolute atomic E-state index is 0.176. The maximum Gasteiger partial charge on any atom is 0.410 e. The molecule has 1 fully saturated rings. The smallest absolute Gasteiger partial charge is 0.410 e. The normalized spacial score (nSPS) is 17.4. The van der Waals surface area contributed by atoms with Crippen molar-refractivity contribution >= 4 is 11.9 Å². The van der Waals surface area contributed by atoms with Crippen LogP contribution in [0.25, 0.3) is 11.3 Å². The molecule has 1 aliphatic heterocycles. The van der Waals surface area contributed by atoms with E-state index in [4.69, 9.17) is 4.74 Å². The fourth-order valence-electron chi connectivity index (χ4n) is 3.04. The number of pyridine rings is 1. The van der Waals surface area contributed by atoms with Crippen LogP contribution in [0.1, 0.15) is 32.9 Å². The van der Waals surface area contributed by atoms with Crippen molar-refractivity contribution in [2.24, 2.45) is 7.05 Å². The number of ether oxygens (including phenoxy) is 1. The van der Waals surface area contributed by atoms with Gasteiger partial charge >= 0.3 is 6.09 Å². The average Bonchev–Trinajstić information content (AvgIpc) is 3.15. The summed E-state index contributed by atoms with van der Waals surface area (Å²) < 4.78 is 7.36. The minimum Gasteiger partial charge on any atom is -0.444 e. The molecule has 1 aliphatic rings. The second-order valence-electron chi connectivity index (χ2n) is 7.81. The summed E-state index contributed by atoms with van der Waals surface area (Å²) in [6.45, 7) is 8.94. The maximum atomic E-state index is 12.2. The molecule has 26 heavy (non-hydrogen) atoms. The van der Waals surface area contributed by atoms with E-state index in [-0.39, 0.29) is 12.1 Å². The van der Waals surface area contributed by atoms with Gasteiger partial charge in [-0.2, -0.15) is 0 Å². The first-order valence-corrected chi connectivity index (χ1v) is 8.92. The molecule has 7 heteroatoms. The number of amides is 1. The average molecular weight is 357 g/mol. The first kappa shape index (κ1) is 18.2. The van der Waals surface area contributed by atoms with Gasteiger partial charge in [-0.25, -0.2) is 14.8 Å². The van der Waals surface area contributed by atoms with Gasteiger partial charge in [-0.15, -0.1) is 0 Å². The zero-order valence-electron chi connectivity index (χ0n) is 16.1. The van der Waals surface area contributed by atoms with E-state index in [0.717, 1.165) is 29.2 Å². The van der Waals surface area contributed by atoms with Gasteiger partial charge in [0.15, 0.2) is 0 Å². The van der Waals surface area contributed by atoms with Gasteiger partial charge in [0, 0.05) is 43.6 Å². The third kappa shape index (κ3) is 4.33. The van der Waals surface area contributed by atoms with E-state index in [1.165, 1.54) is 0 Å². The highest BCUT2D eigenvalue weighted by atomic mass is 16.6. The lowest BCUT2D eigenvalue weighted by atomic mass is 10.1. The van der Waals surface area contributed by atoms with Crippen LogP contribution >= 0.6 is 0 Å². The van der Waals surface area contributed by atoms with E-state index in [2.05, 4.69) is 15.3 Å². The molecule has 2 aromatic heterocycles. The number of likely N-dealkylation sites (tertiary alicyclic amines) is 1. The van der Waals surface area contributed by atoms with Gasteiger partial charge in [-0.05, 0) is 46.2 Å². The summed E-state index contributed by atoms with van der Waals surface area (Å²) in [6.07, 6.45) is 4.39. The van der Waals surface area contributed by atoms with Crippen molar-refractivity contribution in [3.8, 4) is 11.3 Å². The summed E-state index contributed by atoms with van der Waals surface area (Å²) in [5.74, 6) is 0.818. The molecule has 0 aliphatic carbocycles. The molecule has 0 spiro atoms. The number of hydrogen-bond donors (Lipinski definition) is 1. The highest BCUT2D eigenvalue weighted by molar-refractivity contribution is 5.69. The highest BCUT2D eigenvalue weighted by Gasteiger charge is 2.29. The molecule has 0 radical (unpaired) electrons. The van der Waals surface area contributed by atoms with Crippen molar-refractivity contribution in [2.75, 3.05) is 18.4 Å². The zero-order chi connectivity index (χ0) is 18.9. The number of carbonyl (C=O) groups is 1. The number of aromatic nitrogens is 3. The lowest BCUT2D eigenvalue weighted by Gasteiger charge is -2.24. The molecular formula is C19H27N5O2. The van der Waals surface area contributed by atoms with Gasteiger partial charge in [0.2, 0.25) is 0 Å². The van der Waals surface area contributed by atoms with Crippen molar-refractivity contribution in [2.45, 2.75) is 45.8 Å². The Kier molecular flexibility index (Phi) is 4.89. The molecule has 0 saturated carbocycles. The predicted molar refractivity (Wildman–Crippen MR) is 101 cm³/mol. The topological polar surface area (TPSA) is 72.3 Å². The number of aryl methyl sites for hydroxylation is 2. The molecule has 1 N–H and O–H groups in total. The standard InChI is InChI=1S/C19H27N5O2/c1-13-15(16-11-23(5)12-20-16)6-7-17(21-13)22-14-8-9-24(10-14)18(25)26-19(2,3)4/h6-7,11-12,14H,8-10H2,1-5H3,(H,21,22)/t14-/m0/s1. The Hall–Kier alpha value is -2.57. The van der Waals surface area contributed by atoms with Gasteiger partial charge in [0.1, 0.15) is 11.4 Å². The molecule has 0 aromatic carbocycles. The van der Waals surface area contributed by atoms with Crippen LogP contribution in [0.15, 0.2) is 24.7 Å². The second-order valence-corrected chi connectivity index (χ2v) is 7.81. The van der Waals surface area contributed by atoms with Gasteiger partial charge in [-0.3, -0.25) is 0 Å². The van der Waals surface area contributed by atoms with Crippen LogP contribution in [-0.4, -0.2) is 50.3 Å². The van der Waals surface area contributed by atoms with Crippen LogP contribution in [0.4, 0.5) is 10.6 Å². The molecule has 3 rings (SSSR count). The monoisotopic (exact) mass is 357 g/mol. The van der Waals surface area contributed by atoms with Crippen LogP contribution in [0, 0.1) is 6.92 Å². The third-order valence-electron chi connectivity index (χ3n) is 4.26. The van der Waals surface area contributed by atoms with Crippen molar-refractivity contribution in [3.63, 3.8) is 0 Å². The molecule has 1 amide bonds. The van der Waals surface area contributed by atoms with E-state index in [0.29, 0.717) is 13.1 Å². The Balaban J connectivity index is 1.62. The lowest BCUT2D eigenvalue weighted by Crippen LogP contribution is -2.36. The fourth-order valence-corrected chi connectivity index (χ4v) is 3.04. The third-order valence-corrected chi connectivity index (χ3v) is 4.26. The van der Waals surface area contributed by atoms with Crippen LogP contribution in [0.3, 0.4) is 0 Å². The number of nitrogens with one attached hydrogen (secondary N) is 1. The molecule has 7 nitrogen and oxygen atoms in total. The molecule has 1 atom stereocenters. The van der Waals surface area contributed by atoms with Crippen molar-refractivity contribution in [1.29, 1.82) is 0 Å². The highest BCUT2D eigenvalue weighted by Crippen LogP contribution is 2.23. The molecule has 3 heterocycles. The Morgan fingerprint density at radius 1 is 1.35 bits per heavy atom. The van der Waals surface area contributed by atoms with Gasteiger partial charge < -0.3 is 19.5 Å². The molecular weight excluding hydrogens is 330 g/mol. The van der Waals surface area contributed by atoms with E-state index in [1.807, 2.05) is 57.6 Å². The van der Waals surface area contributed by atoms with E-state index >= 15 is 0 Å². The zero-order valence-corrected chi connectivity index (χ0v) is 16.1. The van der Waals surface area contributed by atoms with Crippen molar-refractivity contribution in [1.82, 2.24) is 19.4 Å². The Bertz CT molecular complexity index is 793. The summed E-state index contributed by atoms with van der Waals surface area (Å²) in [7, 11) is 1.95.